The highest BCUT2D eigenvalue weighted by Gasteiger charge is 2.04. The van der Waals surface area contributed by atoms with Crippen LogP contribution in [0.4, 0.5) is 0 Å². The summed E-state index contributed by atoms with van der Waals surface area (Å²) in [5.74, 6) is 0. The highest BCUT2D eigenvalue weighted by molar-refractivity contribution is 6.02. The van der Waals surface area contributed by atoms with Crippen LogP contribution in [0.5, 0.6) is 0 Å². The topological polar surface area (TPSA) is 58.6 Å². The Hall–Kier alpha value is -2.23. The molecular weight excluding hydrogens is 190 g/mol. The van der Waals surface area contributed by atoms with Gasteiger partial charge in [-0.2, -0.15) is 0 Å². The monoisotopic (exact) mass is 197 g/mol. The van der Waals surface area contributed by atoms with Gasteiger partial charge < -0.3 is 4.98 Å². The number of nitrogens with one attached hydrogen (secondary N) is 1. The molecule has 2 aromatic heterocycles. The molecule has 0 fully saturated rings. The number of hydrogen-bond donors (Lipinski definition) is 1. The Morgan fingerprint density at radius 2 is 2.00 bits per heavy atom. The Bertz CT molecular complexity index is 703. The molecule has 0 spiro atoms. The van der Waals surface area contributed by atoms with E-state index in [0.29, 0.717) is 10.9 Å². The SMILES string of the molecule is O=c1[nH]c2ccccc2c2ncncc12. The van der Waals surface area contributed by atoms with Crippen LogP contribution in [0.3, 0.4) is 0 Å². The Balaban J connectivity index is 2.70. The number of H-pyrrole nitrogens is 1. The molecule has 0 saturated heterocycles. The summed E-state index contributed by atoms with van der Waals surface area (Å²) in [4.78, 5) is 22.4. The predicted molar refractivity (Wildman–Crippen MR) is 57.7 cm³/mol. The summed E-state index contributed by atoms with van der Waals surface area (Å²) in [5.41, 5.74) is 1.35. The van der Waals surface area contributed by atoms with Crippen LogP contribution in [0, 0.1) is 0 Å². The van der Waals surface area contributed by atoms with Crippen molar-refractivity contribution in [3.05, 3.63) is 47.1 Å². The van der Waals surface area contributed by atoms with Crippen LogP contribution in [0.2, 0.25) is 0 Å². The molecule has 0 bridgehead atoms. The van der Waals surface area contributed by atoms with Crippen LogP contribution in [-0.2, 0) is 0 Å². The highest BCUT2D eigenvalue weighted by atomic mass is 16.1. The molecule has 3 aromatic rings. The molecule has 1 N–H and O–H groups in total. The van der Waals surface area contributed by atoms with Crippen molar-refractivity contribution in [2.24, 2.45) is 0 Å². The van der Waals surface area contributed by atoms with Crippen molar-refractivity contribution >= 4 is 21.8 Å². The number of para-hydroxylation sites is 1. The maximum absolute atomic E-state index is 11.7. The molecule has 0 amide bonds. The minimum Gasteiger partial charge on any atom is -0.321 e. The molecule has 0 aliphatic rings. The molecule has 3 rings (SSSR count). The van der Waals surface area contributed by atoms with Gasteiger partial charge in [0.05, 0.1) is 16.4 Å². The van der Waals surface area contributed by atoms with Crippen molar-refractivity contribution in [1.29, 1.82) is 0 Å². The number of aromatic amines is 1. The van der Waals surface area contributed by atoms with Crippen LogP contribution in [0.1, 0.15) is 0 Å². The van der Waals surface area contributed by atoms with E-state index in [1.807, 2.05) is 24.3 Å². The van der Waals surface area contributed by atoms with E-state index < -0.39 is 0 Å². The quantitative estimate of drug-likeness (QED) is 0.555. The fourth-order valence-corrected chi connectivity index (χ4v) is 1.70. The van der Waals surface area contributed by atoms with Gasteiger partial charge in [-0.15, -0.1) is 0 Å². The van der Waals surface area contributed by atoms with Crippen LogP contribution in [-0.4, -0.2) is 15.0 Å². The lowest BCUT2D eigenvalue weighted by Gasteiger charge is -2.00. The fourth-order valence-electron chi connectivity index (χ4n) is 1.70. The van der Waals surface area contributed by atoms with Gasteiger partial charge >= 0.3 is 0 Å². The summed E-state index contributed by atoms with van der Waals surface area (Å²) in [7, 11) is 0. The number of aromatic nitrogens is 3. The van der Waals surface area contributed by atoms with Crippen molar-refractivity contribution in [3.63, 3.8) is 0 Å². The number of pyridine rings is 1. The lowest BCUT2D eigenvalue weighted by molar-refractivity contribution is 1.21. The van der Waals surface area contributed by atoms with Gasteiger partial charge in [0.2, 0.25) is 0 Å². The Morgan fingerprint density at radius 3 is 2.93 bits per heavy atom. The second-order valence-corrected chi connectivity index (χ2v) is 3.28. The van der Waals surface area contributed by atoms with E-state index in [1.165, 1.54) is 12.5 Å². The maximum atomic E-state index is 11.7. The third-order valence-corrected chi connectivity index (χ3v) is 2.39. The van der Waals surface area contributed by atoms with E-state index in [0.717, 1.165) is 10.9 Å². The van der Waals surface area contributed by atoms with E-state index in [2.05, 4.69) is 15.0 Å². The standard InChI is InChI=1S/C11H7N3O/c15-11-8-5-12-6-13-10(8)7-3-1-2-4-9(7)14-11/h1-6H,(H,14,15). The average molecular weight is 197 g/mol. The van der Waals surface area contributed by atoms with Crippen LogP contribution in [0.25, 0.3) is 21.8 Å². The second kappa shape index (κ2) is 2.88. The molecule has 0 aliphatic carbocycles. The largest absolute Gasteiger partial charge is 0.321 e. The van der Waals surface area contributed by atoms with Crippen LogP contribution < -0.4 is 5.56 Å². The molecule has 0 aliphatic heterocycles. The number of rotatable bonds is 0. The van der Waals surface area contributed by atoms with Gasteiger partial charge in [-0.1, -0.05) is 18.2 Å². The number of fused-ring (bicyclic) bond motifs is 3. The van der Waals surface area contributed by atoms with Crippen LogP contribution in [0.15, 0.2) is 41.6 Å². The Morgan fingerprint density at radius 1 is 1.13 bits per heavy atom. The minimum atomic E-state index is -0.149. The van der Waals surface area contributed by atoms with E-state index in [4.69, 9.17) is 0 Å². The normalized spacial score (nSPS) is 10.9. The number of nitrogens with zero attached hydrogens (tertiary/aromatic N) is 2. The van der Waals surface area contributed by atoms with Crippen molar-refractivity contribution in [2.75, 3.05) is 0 Å². The van der Waals surface area contributed by atoms with Gasteiger partial charge in [0.1, 0.15) is 6.33 Å². The van der Waals surface area contributed by atoms with Crippen molar-refractivity contribution in [3.8, 4) is 0 Å². The summed E-state index contributed by atoms with van der Waals surface area (Å²) >= 11 is 0. The van der Waals surface area contributed by atoms with Gasteiger partial charge in [0.15, 0.2) is 0 Å². The summed E-state index contributed by atoms with van der Waals surface area (Å²) in [6.45, 7) is 0. The van der Waals surface area contributed by atoms with E-state index in [1.54, 1.807) is 0 Å². The minimum absolute atomic E-state index is 0.149. The smallest absolute Gasteiger partial charge is 0.259 e. The van der Waals surface area contributed by atoms with Gasteiger partial charge in [-0.05, 0) is 6.07 Å². The Labute approximate surface area is 84.6 Å². The first-order valence-electron chi connectivity index (χ1n) is 4.57. The zero-order valence-electron chi connectivity index (χ0n) is 7.77. The van der Waals surface area contributed by atoms with E-state index in [-0.39, 0.29) is 5.56 Å². The van der Waals surface area contributed by atoms with Gasteiger partial charge in [-0.3, -0.25) is 4.79 Å². The molecule has 0 saturated carbocycles. The summed E-state index contributed by atoms with van der Waals surface area (Å²) < 4.78 is 0. The summed E-state index contributed by atoms with van der Waals surface area (Å²) in [5, 5.41) is 1.46. The lowest BCUT2D eigenvalue weighted by Crippen LogP contribution is -2.07. The lowest BCUT2D eigenvalue weighted by atomic mass is 10.1. The molecule has 4 heteroatoms. The summed E-state index contributed by atoms with van der Waals surface area (Å²) in [6.07, 6.45) is 2.99. The molecule has 0 unspecified atom stereocenters. The van der Waals surface area contributed by atoms with Gasteiger partial charge in [-0.25, -0.2) is 9.97 Å². The van der Waals surface area contributed by atoms with Crippen molar-refractivity contribution in [2.45, 2.75) is 0 Å². The first-order chi connectivity index (χ1) is 7.36. The van der Waals surface area contributed by atoms with E-state index >= 15 is 0 Å². The first-order valence-corrected chi connectivity index (χ1v) is 4.57. The molecule has 15 heavy (non-hydrogen) atoms. The van der Waals surface area contributed by atoms with Crippen LogP contribution >= 0.6 is 0 Å². The number of benzene rings is 1. The van der Waals surface area contributed by atoms with Gasteiger partial charge in [0, 0.05) is 11.6 Å². The van der Waals surface area contributed by atoms with Gasteiger partial charge in [0.25, 0.3) is 5.56 Å². The maximum Gasteiger partial charge on any atom is 0.259 e. The molecule has 1 aromatic carbocycles. The molecular formula is C11H7N3O. The molecule has 4 nitrogen and oxygen atoms in total. The van der Waals surface area contributed by atoms with Crippen molar-refractivity contribution in [1.82, 2.24) is 15.0 Å². The molecule has 72 valence electrons. The highest BCUT2D eigenvalue weighted by Crippen LogP contribution is 2.17. The average Bonchev–Trinajstić information content (AvgIpc) is 2.30. The second-order valence-electron chi connectivity index (χ2n) is 3.28. The fraction of sp³-hybridized carbons (Fsp3) is 0. The zero-order valence-corrected chi connectivity index (χ0v) is 7.77. The van der Waals surface area contributed by atoms with E-state index in [9.17, 15) is 4.79 Å². The predicted octanol–water partition coefficient (Wildman–Crippen LogP) is 1.47. The Kier molecular flexibility index (Phi) is 1.56. The third-order valence-electron chi connectivity index (χ3n) is 2.39. The summed E-state index contributed by atoms with van der Waals surface area (Å²) in [6, 6.07) is 7.59. The van der Waals surface area contributed by atoms with Crippen molar-refractivity contribution < 1.29 is 0 Å². The zero-order chi connectivity index (χ0) is 10.3. The molecule has 2 heterocycles. The molecule has 0 radical (unpaired) electrons. The first kappa shape index (κ1) is 8.11. The third kappa shape index (κ3) is 1.11. The number of hydrogen-bond acceptors (Lipinski definition) is 3. The molecule has 0 atom stereocenters.